The summed E-state index contributed by atoms with van der Waals surface area (Å²) in [7, 11) is 0. The molecule has 0 radical (unpaired) electrons. The van der Waals surface area contributed by atoms with E-state index in [4.69, 9.17) is 4.74 Å². The van der Waals surface area contributed by atoms with Crippen LogP contribution in [0.2, 0.25) is 0 Å². The van der Waals surface area contributed by atoms with E-state index in [0.29, 0.717) is 36.9 Å². The van der Waals surface area contributed by atoms with Crippen LogP contribution in [-0.2, 0) is 25.5 Å². The highest BCUT2D eigenvalue weighted by Crippen LogP contribution is 2.42. The SMILES string of the molecule is CCC[C@@]1(CCc2ccccc2)CC(O)=C([C@H](CC)c2cccc(NC(=O)CCC(C)=O)c2)C(=O)O1. The normalized spacial score (nSPS) is 18.5. The van der Waals surface area contributed by atoms with Crippen molar-refractivity contribution >= 4 is 23.3 Å². The Balaban J connectivity index is 1.81. The van der Waals surface area contributed by atoms with Crippen LogP contribution in [0.4, 0.5) is 5.69 Å². The molecule has 0 fully saturated rings. The molecule has 3 rings (SSSR count). The van der Waals surface area contributed by atoms with E-state index in [1.165, 1.54) is 12.5 Å². The second-order valence-electron chi connectivity index (χ2n) is 9.68. The van der Waals surface area contributed by atoms with Crippen LogP contribution in [0.3, 0.4) is 0 Å². The number of benzene rings is 2. The van der Waals surface area contributed by atoms with Crippen molar-refractivity contribution in [2.24, 2.45) is 0 Å². The standard InChI is InChI=1S/C30H37NO5/c1-4-17-30(18-16-22-10-7-6-8-11-22)20-26(33)28(29(35)36-30)25(5-2)23-12-9-13-24(19-23)31-27(34)15-14-21(3)32/h6-13,19,25,33H,4-5,14-18,20H2,1-3H3,(H,31,34)/t25-,30-/m1/s1. The van der Waals surface area contributed by atoms with Crippen molar-refractivity contribution in [2.75, 3.05) is 5.32 Å². The third-order valence-electron chi connectivity index (χ3n) is 6.78. The molecule has 0 saturated heterocycles. The Morgan fingerprint density at radius 1 is 1.06 bits per heavy atom. The van der Waals surface area contributed by atoms with Crippen molar-refractivity contribution < 1.29 is 24.2 Å². The number of ketones is 1. The molecule has 2 aromatic carbocycles. The first-order valence-corrected chi connectivity index (χ1v) is 12.9. The average Bonchev–Trinajstić information content (AvgIpc) is 2.85. The number of carbonyl (C=O) groups is 3. The van der Waals surface area contributed by atoms with Gasteiger partial charge in [-0.25, -0.2) is 4.79 Å². The van der Waals surface area contributed by atoms with Gasteiger partial charge >= 0.3 is 5.97 Å². The van der Waals surface area contributed by atoms with E-state index in [0.717, 1.165) is 18.4 Å². The molecule has 36 heavy (non-hydrogen) atoms. The number of hydrogen-bond acceptors (Lipinski definition) is 5. The molecular formula is C30H37NO5. The van der Waals surface area contributed by atoms with Crippen LogP contribution >= 0.6 is 0 Å². The van der Waals surface area contributed by atoms with E-state index in [9.17, 15) is 19.5 Å². The van der Waals surface area contributed by atoms with E-state index in [2.05, 4.69) is 24.4 Å². The maximum absolute atomic E-state index is 13.4. The van der Waals surface area contributed by atoms with Crippen LogP contribution in [0.5, 0.6) is 0 Å². The number of anilines is 1. The van der Waals surface area contributed by atoms with Crippen LogP contribution in [0, 0.1) is 0 Å². The summed E-state index contributed by atoms with van der Waals surface area (Å²) in [4.78, 5) is 36.7. The van der Waals surface area contributed by atoms with Gasteiger partial charge in [0.25, 0.3) is 0 Å². The number of rotatable bonds is 12. The van der Waals surface area contributed by atoms with Gasteiger partial charge in [-0.1, -0.05) is 62.7 Å². The molecule has 0 aromatic heterocycles. The van der Waals surface area contributed by atoms with Crippen LogP contribution in [-0.4, -0.2) is 28.4 Å². The van der Waals surface area contributed by atoms with Crippen molar-refractivity contribution in [1.82, 2.24) is 0 Å². The molecule has 6 heteroatoms. The molecule has 1 aliphatic rings. The number of amides is 1. The van der Waals surface area contributed by atoms with E-state index in [1.807, 2.05) is 43.3 Å². The molecule has 6 nitrogen and oxygen atoms in total. The fraction of sp³-hybridized carbons (Fsp3) is 0.433. The van der Waals surface area contributed by atoms with Gasteiger partial charge in [0.15, 0.2) is 0 Å². The van der Waals surface area contributed by atoms with Gasteiger partial charge in [-0.3, -0.25) is 4.79 Å². The fourth-order valence-corrected chi connectivity index (χ4v) is 4.98. The van der Waals surface area contributed by atoms with Crippen LogP contribution in [0.1, 0.15) is 82.8 Å². The highest BCUT2D eigenvalue weighted by molar-refractivity contribution is 5.94. The molecule has 0 unspecified atom stereocenters. The Bertz CT molecular complexity index is 1110. The number of hydrogen-bond donors (Lipinski definition) is 2. The summed E-state index contributed by atoms with van der Waals surface area (Å²) in [6.07, 6.45) is 4.13. The van der Waals surface area contributed by atoms with Crippen molar-refractivity contribution in [2.45, 2.75) is 83.7 Å². The lowest BCUT2D eigenvalue weighted by molar-refractivity contribution is -0.161. The number of nitrogens with one attached hydrogen (secondary N) is 1. The van der Waals surface area contributed by atoms with E-state index >= 15 is 0 Å². The maximum atomic E-state index is 13.4. The minimum absolute atomic E-state index is 0.0360. The van der Waals surface area contributed by atoms with E-state index in [1.54, 1.807) is 6.07 Å². The van der Waals surface area contributed by atoms with Gasteiger partial charge in [-0.05, 0) is 55.9 Å². The zero-order valence-corrected chi connectivity index (χ0v) is 21.5. The van der Waals surface area contributed by atoms with Crippen LogP contribution in [0.25, 0.3) is 0 Å². The summed E-state index contributed by atoms with van der Waals surface area (Å²) in [5, 5.41) is 14.0. The number of aliphatic hydroxyl groups is 1. The molecule has 1 aliphatic heterocycles. The Hall–Kier alpha value is -3.41. The molecule has 2 atom stereocenters. The van der Waals surface area contributed by atoms with Gasteiger partial charge in [0, 0.05) is 30.9 Å². The lowest BCUT2D eigenvalue weighted by Crippen LogP contribution is -2.41. The molecule has 0 bridgehead atoms. The topological polar surface area (TPSA) is 92.7 Å². The first kappa shape index (κ1) is 27.2. The van der Waals surface area contributed by atoms with Gasteiger partial charge in [0.05, 0.1) is 5.57 Å². The lowest BCUT2D eigenvalue weighted by atomic mass is 9.80. The summed E-state index contributed by atoms with van der Waals surface area (Å²) in [5.74, 6) is -1.01. The first-order valence-electron chi connectivity index (χ1n) is 12.9. The second kappa shape index (κ2) is 12.5. The molecule has 1 heterocycles. The fourth-order valence-electron chi connectivity index (χ4n) is 4.98. The molecule has 2 N–H and O–H groups in total. The zero-order chi connectivity index (χ0) is 26.1. The van der Waals surface area contributed by atoms with Crippen molar-refractivity contribution in [3.8, 4) is 0 Å². The van der Waals surface area contributed by atoms with E-state index in [-0.39, 0.29) is 36.2 Å². The van der Waals surface area contributed by atoms with Gasteiger partial charge in [-0.2, -0.15) is 0 Å². The number of aliphatic hydroxyl groups excluding tert-OH is 1. The summed E-state index contributed by atoms with van der Waals surface area (Å²) < 4.78 is 6.11. The monoisotopic (exact) mass is 491 g/mol. The van der Waals surface area contributed by atoms with Crippen LogP contribution in [0.15, 0.2) is 65.9 Å². The molecule has 0 aliphatic carbocycles. The Morgan fingerprint density at radius 2 is 1.81 bits per heavy atom. The summed E-state index contributed by atoms with van der Waals surface area (Å²) in [6.45, 7) is 5.47. The molecule has 0 spiro atoms. The Kier molecular flexibility index (Phi) is 9.45. The van der Waals surface area contributed by atoms with Gasteiger partial charge in [-0.15, -0.1) is 0 Å². The number of ether oxygens (including phenoxy) is 1. The molecule has 1 amide bonds. The quantitative estimate of drug-likeness (QED) is 0.334. The Labute approximate surface area is 213 Å². The highest BCUT2D eigenvalue weighted by atomic mass is 16.6. The minimum atomic E-state index is -0.722. The van der Waals surface area contributed by atoms with Gasteiger partial charge < -0.3 is 20.0 Å². The van der Waals surface area contributed by atoms with Crippen molar-refractivity contribution in [3.05, 3.63) is 77.1 Å². The lowest BCUT2D eigenvalue weighted by Gasteiger charge is -2.38. The maximum Gasteiger partial charge on any atom is 0.338 e. The Morgan fingerprint density at radius 3 is 2.44 bits per heavy atom. The number of aryl methyl sites for hydroxylation is 1. The second-order valence-corrected chi connectivity index (χ2v) is 9.68. The van der Waals surface area contributed by atoms with Crippen molar-refractivity contribution in [1.29, 1.82) is 0 Å². The third-order valence-corrected chi connectivity index (χ3v) is 6.78. The molecule has 192 valence electrons. The van der Waals surface area contributed by atoms with Crippen LogP contribution < -0.4 is 5.32 Å². The summed E-state index contributed by atoms with van der Waals surface area (Å²) in [6, 6.07) is 17.4. The number of Topliss-reactive ketones (excluding diaryl/α,β-unsaturated/α-hetero) is 1. The molecule has 0 saturated carbocycles. The summed E-state index contributed by atoms with van der Waals surface area (Å²) in [5.41, 5.74) is 2.15. The van der Waals surface area contributed by atoms with Gasteiger partial charge in [0.1, 0.15) is 17.1 Å². The van der Waals surface area contributed by atoms with E-state index < -0.39 is 11.6 Å². The smallest absolute Gasteiger partial charge is 0.338 e. The first-order chi connectivity index (χ1) is 17.3. The van der Waals surface area contributed by atoms with Gasteiger partial charge in [0.2, 0.25) is 5.91 Å². The molecular weight excluding hydrogens is 454 g/mol. The number of esters is 1. The number of carbonyl (C=O) groups excluding carboxylic acids is 3. The zero-order valence-electron chi connectivity index (χ0n) is 21.5. The average molecular weight is 492 g/mol. The third kappa shape index (κ3) is 7.06. The predicted molar refractivity (Wildman–Crippen MR) is 141 cm³/mol. The minimum Gasteiger partial charge on any atom is -0.512 e. The summed E-state index contributed by atoms with van der Waals surface area (Å²) >= 11 is 0. The van der Waals surface area contributed by atoms with Crippen molar-refractivity contribution in [3.63, 3.8) is 0 Å². The number of cyclic esters (lactones) is 1. The predicted octanol–water partition coefficient (Wildman–Crippen LogP) is 6.42. The highest BCUT2D eigenvalue weighted by Gasteiger charge is 2.43. The largest absolute Gasteiger partial charge is 0.512 e. The molecule has 2 aromatic rings.